The van der Waals surface area contributed by atoms with Gasteiger partial charge in [-0.05, 0) is 0 Å². The number of aromatic nitrogens is 1. The molecule has 0 aliphatic rings. The van der Waals surface area contributed by atoms with E-state index in [0.29, 0.717) is 11.8 Å². The molecule has 0 saturated carbocycles. The molecule has 50 valence electrons. The van der Waals surface area contributed by atoms with Gasteiger partial charge in [-0.25, -0.2) is 4.98 Å². The van der Waals surface area contributed by atoms with Crippen LogP contribution in [0.5, 0.6) is 0 Å². The molecule has 0 aromatic carbocycles. The topological polar surface area (TPSA) is 12.9 Å². The molecule has 0 spiro atoms. The molecule has 4 heteroatoms. The quantitative estimate of drug-likeness (QED) is 0.640. The van der Waals surface area contributed by atoms with Crippen molar-refractivity contribution in [2.45, 2.75) is 11.8 Å². The molecule has 1 heterocycles. The summed E-state index contributed by atoms with van der Waals surface area (Å²) >= 11 is 12.5. The molecule has 0 atom stereocenters. The first-order valence-electron chi connectivity index (χ1n) is 2.42. The van der Waals surface area contributed by atoms with Crippen molar-refractivity contribution in [3.8, 4) is 0 Å². The summed E-state index contributed by atoms with van der Waals surface area (Å²) in [5.74, 6) is 0.967. The highest BCUT2D eigenvalue weighted by Crippen LogP contribution is 2.12. The van der Waals surface area contributed by atoms with Crippen LogP contribution in [0, 0.1) is 0 Å². The van der Waals surface area contributed by atoms with Crippen LogP contribution in [0.2, 0.25) is 0 Å². The molecule has 1 aromatic rings. The third-order valence-corrected chi connectivity index (χ3v) is 2.43. The second-order valence-electron chi connectivity index (χ2n) is 1.50. The normalized spacial score (nSPS) is 10.0. The third kappa shape index (κ3) is 1.81. The fourth-order valence-corrected chi connectivity index (χ4v) is 1.59. The number of rotatable bonds is 2. The number of hydrogen-bond donors (Lipinski definition) is 0. The maximum atomic E-state index is 5.50. The molecule has 0 bridgehead atoms. The molecule has 0 saturated heterocycles. The zero-order valence-corrected chi connectivity index (χ0v) is 6.93. The van der Waals surface area contributed by atoms with Gasteiger partial charge in [-0.2, -0.15) is 0 Å². The Hall–Kier alpha value is 0.210. The van der Waals surface area contributed by atoms with Crippen molar-refractivity contribution in [2.75, 3.05) is 0 Å². The highest BCUT2D eigenvalue weighted by molar-refractivity contribution is 7.09. The predicted octanol–water partition coefficient (Wildman–Crippen LogP) is 2.62. The van der Waals surface area contributed by atoms with E-state index >= 15 is 0 Å². The number of nitrogens with zero attached hydrogens (tertiary/aromatic N) is 1. The van der Waals surface area contributed by atoms with Gasteiger partial charge in [-0.1, -0.05) is 0 Å². The molecule has 9 heavy (non-hydrogen) atoms. The van der Waals surface area contributed by atoms with Gasteiger partial charge in [0.2, 0.25) is 0 Å². The smallest absolute Gasteiger partial charge is 0.108 e. The van der Waals surface area contributed by atoms with Gasteiger partial charge < -0.3 is 0 Å². The molecule has 0 aliphatic carbocycles. The van der Waals surface area contributed by atoms with Crippen molar-refractivity contribution in [1.29, 1.82) is 0 Å². The highest BCUT2D eigenvalue weighted by atomic mass is 35.5. The number of hydrogen-bond acceptors (Lipinski definition) is 2. The summed E-state index contributed by atoms with van der Waals surface area (Å²) in [6.07, 6.45) is 0. The van der Waals surface area contributed by atoms with Crippen LogP contribution < -0.4 is 0 Å². The molecule has 0 unspecified atom stereocenters. The SMILES string of the molecule is ClCc1csc(CCl)n1. The molecular weight excluding hydrogens is 177 g/mol. The van der Waals surface area contributed by atoms with Crippen molar-refractivity contribution in [3.05, 3.63) is 16.1 Å². The maximum Gasteiger partial charge on any atom is 0.108 e. The van der Waals surface area contributed by atoms with E-state index in [4.69, 9.17) is 23.2 Å². The summed E-state index contributed by atoms with van der Waals surface area (Å²) in [4.78, 5) is 4.10. The lowest BCUT2D eigenvalue weighted by Gasteiger charge is -1.81. The van der Waals surface area contributed by atoms with Crippen LogP contribution in [0.15, 0.2) is 5.38 Å². The van der Waals surface area contributed by atoms with Crippen LogP contribution in [0.25, 0.3) is 0 Å². The molecule has 0 amide bonds. The Bertz CT molecular complexity index is 168. The first-order valence-corrected chi connectivity index (χ1v) is 4.37. The van der Waals surface area contributed by atoms with E-state index in [1.54, 1.807) is 11.3 Å². The van der Waals surface area contributed by atoms with Crippen molar-refractivity contribution in [3.63, 3.8) is 0 Å². The third-order valence-electron chi connectivity index (χ3n) is 0.851. The Morgan fingerprint density at radius 2 is 2.22 bits per heavy atom. The van der Waals surface area contributed by atoms with Crippen LogP contribution in [-0.4, -0.2) is 4.98 Å². The van der Waals surface area contributed by atoms with E-state index in [2.05, 4.69) is 4.98 Å². The molecule has 1 nitrogen and oxygen atoms in total. The van der Waals surface area contributed by atoms with E-state index in [9.17, 15) is 0 Å². The lowest BCUT2D eigenvalue weighted by Crippen LogP contribution is -1.77. The van der Waals surface area contributed by atoms with Gasteiger partial charge in [0.15, 0.2) is 0 Å². The molecule has 1 aromatic heterocycles. The minimum atomic E-state index is 0.480. The van der Waals surface area contributed by atoms with Crippen molar-refractivity contribution in [2.24, 2.45) is 0 Å². The fraction of sp³-hybridized carbons (Fsp3) is 0.400. The monoisotopic (exact) mass is 181 g/mol. The summed E-state index contributed by atoms with van der Waals surface area (Å²) in [7, 11) is 0. The predicted molar refractivity (Wildman–Crippen MR) is 41.2 cm³/mol. The van der Waals surface area contributed by atoms with Gasteiger partial charge in [0.05, 0.1) is 17.5 Å². The minimum Gasteiger partial charge on any atom is -0.244 e. The lowest BCUT2D eigenvalue weighted by molar-refractivity contribution is 1.16. The standard InChI is InChI=1S/C5H5Cl2NS/c6-1-4-3-9-5(2-7)8-4/h3H,1-2H2. The van der Waals surface area contributed by atoms with Gasteiger partial charge in [0.25, 0.3) is 0 Å². The summed E-state index contributed by atoms with van der Waals surface area (Å²) in [6, 6.07) is 0. The number of halogens is 2. The van der Waals surface area contributed by atoms with Crippen LogP contribution in [-0.2, 0) is 11.8 Å². The van der Waals surface area contributed by atoms with E-state index in [1.165, 1.54) is 0 Å². The zero-order valence-electron chi connectivity index (χ0n) is 4.60. The number of thiazole rings is 1. The summed E-state index contributed by atoms with van der Waals surface area (Å²) in [6.45, 7) is 0. The second-order valence-corrected chi connectivity index (χ2v) is 2.98. The van der Waals surface area contributed by atoms with Crippen LogP contribution in [0.4, 0.5) is 0 Å². The fourth-order valence-electron chi connectivity index (χ4n) is 0.472. The zero-order chi connectivity index (χ0) is 6.69. The number of alkyl halides is 2. The molecule has 0 radical (unpaired) electrons. The first-order chi connectivity index (χ1) is 4.36. The van der Waals surface area contributed by atoms with Crippen molar-refractivity contribution >= 4 is 34.5 Å². The van der Waals surface area contributed by atoms with Gasteiger partial charge in [0.1, 0.15) is 5.01 Å². The van der Waals surface area contributed by atoms with Crippen LogP contribution in [0.1, 0.15) is 10.7 Å². The Kier molecular flexibility index (Phi) is 2.76. The van der Waals surface area contributed by atoms with Crippen LogP contribution in [0.3, 0.4) is 0 Å². The Balaban J connectivity index is 2.74. The van der Waals surface area contributed by atoms with E-state index in [1.807, 2.05) is 5.38 Å². The first kappa shape index (κ1) is 7.32. The molecule has 1 rings (SSSR count). The Morgan fingerprint density at radius 1 is 1.44 bits per heavy atom. The summed E-state index contributed by atoms with van der Waals surface area (Å²) in [5, 5.41) is 2.86. The second kappa shape index (κ2) is 3.40. The Labute approximate surface area is 67.6 Å². The average molecular weight is 182 g/mol. The Morgan fingerprint density at radius 3 is 2.56 bits per heavy atom. The van der Waals surface area contributed by atoms with Gasteiger partial charge in [0, 0.05) is 5.38 Å². The molecule has 0 N–H and O–H groups in total. The van der Waals surface area contributed by atoms with Gasteiger partial charge in [-0.15, -0.1) is 34.5 Å². The molecule has 0 fully saturated rings. The largest absolute Gasteiger partial charge is 0.244 e. The summed E-state index contributed by atoms with van der Waals surface area (Å²) < 4.78 is 0. The molecule has 0 aliphatic heterocycles. The van der Waals surface area contributed by atoms with Crippen molar-refractivity contribution < 1.29 is 0 Å². The van der Waals surface area contributed by atoms with Crippen molar-refractivity contribution in [1.82, 2.24) is 4.98 Å². The average Bonchev–Trinajstić information content (AvgIpc) is 2.34. The van der Waals surface area contributed by atoms with E-state index in [0.717, 1.165) is 10.7 Å². The van der Waals surface area contributed by atoms with Gasteiger partial charge in [-0.3, -0.25) is 0 Å². The maximum absolute atomic E-state index is 5.50. The lowest BCUT2D eigenvalue weighted by atomic mass is 10.6. The van der Waals surface area contributed by atoms with Gasteiger partial charge >= 0.3 is 0 Å². The highest BCUT2D eigenvalue weighted by Gasteiger charge is 1.96. The van der Waals surface area contributed by atoms with E-state index < -0.39 is 0 Å². The summed E-state index contributed by atoms with van der Waals surface area (Å²) in [5.41, 5.74) is 0.914. The van der Waals surface area contributed by atoms with E-state index in [-0.39, 0.29) is 0 Å². The minimum absolute atomic E-state index is 0.480. The van der Waals surface area contributed by atoms with Crippen LogP contribution >= 0.6 is 34.5 Å². The molecular formula is C5H5Cl2NS.